The maximum absolute atomic E-state index is 14.7. The minimum absolute atomic E-state index is 0.0108. The number of nitrogens with zero attached hydrogens (tertiary/aromatic N) is 2. The summed E-state index contributed by atoms with van der Waals surface area (Å²) in [5.74, 6) is -0.540. The van der Waals surface area contributed by atoms with Crippen LogP contribution in [0.1, 0.15) is 30.1 Å². The van der Waals surface area contributed by atoms with E-state index in [4.69, 9.17) is 19.6 Å². The maximum atomic E-state index is 14.7. The zero-order valence-corrected chi connectivity index (χ0v) is 27.1. The lowest BCUT2D eigenvalue weighted by molar-refractivity contribution is -0.127. The van der Waals surface area contributed by atoms with Crippen molar-refractivity contribution in [3.05, 3.63) is 120 Å². The number of benzene rings is 4. The molecule has 244 valence electrons. The highest BCUT2D eigenvalue weighted by atomic mass is 32.2. The van der Waals surface area contributed by atoms with Crippen molar-refractivity contribution < 1.29 is 36.2 Å². The first-order valence-electron chi connectivity index (χ1n) is 15.2. The molecule has 0 saturated carbocycles. The monoisotopic (exact) mass is 674 g/mol. The topological polar surface area (TPSA) is 140 Å². The van der Waals surface area contributed by atoms with Crippen molar-refractivity contribution in [1.29, 1.82) is 0 Å². The number of ether oxygens (including phenoxy) is 2. The molecule has 0 aromatic heterocycles. The number of aliphatic hydroxyl groups is 1. The smallest absolute Gasteiger partial charge is 0.259 e. The SMILES string of the molecule is O=C1N(CCS(=O)(=O)c2ccccc2)c2ccccc2[C@H]2OC(c3ccc(OCCCO)cc3)=N[C@@]12CCS(=O)(=O)c1ccccc1. The van der Waals surface area contributed by atoms with Crippen LogP contribution < -0.4 is 9.64 Å². The molecule has 1 N–H and O–H groups in total. The molecule has 0 bridgehead atoms. The quantitative estimate of drug-likeness (QED) is 0.206. The lowest BCUT2D eigenvalue weighted by Gasteiger charge is -2.41. The van der Waals surface area contributed by atoms with Crippen LogP contribution in [0.4, 0.5) is 5.69 Å². The normalized spacial score (nSPS) is 19.0. The molecule has 1 amide bonds. The van der Waals surface area contributed by atoms with Crippen LogP contribution in [0.15, 0.2) is 124 Å². The molecule has 12 heteroatoms. The summed E-state index contributed by atoms with van der Waals surface area (Å²) >= 11 is 0. The van der Waals surface area contributed by atoms with Gasteiger partial charge in [0.15, 0.2) is 31.3 Å². The van der Waals surface area contributed by atoms with Crippen LogP contribution in [0.5, 0.6) is 5.75 Å². The fourth-order valence-electron chi connectivity index (χ4n) is 5.84. The molecule has 2 aliphatic rings. The van der Waals surface area contributed by atoms with Gasteiger partial charge in [-0.1, -0.05) is 54.6 Å². The Morgan fingerprint density at radius 1 is 0.787 bits per heavy atom. The number of hydrogen-bond donors (Lipinski definition) is 1. The van der Waals surface area contributed by atoms with E-state index in [0.717, 1.165) is 0 Å². The average molecular weight is 675 g/mol. The van der Waals surface area contributed by atoms with Gasteiger partial charge in [0, 0.05) is 37.1 Å². The van der Waals surface area contributed by atoms with Gasteiger partial charge in [-0.15, -0.1) is 0 Å². The van der Waals surface area contributed by atoms with E-state index in [0.29, 0.717) is 35.6 Å². The van der Waals surface area contributed by atoms with Crippen molar-refractivity contribution in [2.24, 2.45) is 4.99 Å². The predicted molar refractivity (Wildman–Crippen MR) is 177 cm³/mol. The van der Waals surface area contributed by atoms with Gasteiger partial charge >= 0.3 is 0 Å². The summed E-state index contributed by atoms with van der Waals surface area (Å²) in [4.78, 5) is 21.2. The van der Waals surface area contributed by atoms with Crippen LogP contribution in [0.25, 0.3) is 0 Å². The molecule has 10 nitrogen and oxygen atoms in total. The first kappa shape index (κ1) is 32.4. The van der Waals surface area contributed by atoms with Crippen LogP contribution in [-0.4, -0.2) is 70.6 Å². The third-order valence-corrected chi connectivity index (χ3v) is 11.7. The highest BCUT2D eigenvalue weighted by molar-refractivity contribution is 7.91. The molecule has 2 atom stereocenters. The lowest BCUT2D eigenvalue weighted by Crippen LogP contribution is -2.56. The van der Waals surface area contributed by atoms with Gasteiger partial charge in [-0.2, -0.15) is 0 Å². The minimum atomic E-state index is -3.82. The molecule has 0 saturated heterocycles. The molecule has 0 radical (unpaired) electrons. The molecule has 47 heavy (non-hydrogen) atoms. The van der Waals surface area contributed by atoms with Crippen molar-refractivity contribution in [3.63, 3.8) is 0 Å². The average Bonchev–Trinajstić information content (AvgIpc) is 3.50. The number of aliphatic imine (C=N–C) groups is 1. The Bertz CT molecular complexity index is 1980. The molecule has 4 aromatic rings. The fraction of sp³-hybridized carbons (Fsp3) is 0.257. The molecular weight excluding hydrogens is 641 g/mol. The number of para-hydroxylation sites is 1. The number of hydrogen-bond acceptors (Lipinski definition) is 9. The number of fused-ring (bicyclic) bond motifs is 3. The molecule has 6 rings (SSSR count). The van der Waals surface area contributed by atoms with Gasteiger partial charge in [-0.25, -0.2) is 21.8 Å². The van der Waals surface area contributed by atoms with Gasteiger partial charge in [-0.05, 0) is 54.6 Å². The van der Waals surface area contributed by atoms with E-state index in [9.17, 15) is 21.6 Å². The summed E-state index contributed by atoms with van der Waals surface area (Å²) in [6, 6.07) is 30.0. The number of sulfone groups is 2. The van der Waals surface area contributed by atoms with Crippen molar-refractivity contribution in [2.75, 3.05) is 36.2 Å². The first-order valence-corrected chi connectivity index (χ1v) is 18.5. The van der Waals surface area contributed by atoms with E-state index >= 15 is 0 Å². The Hall–Kier alpha value is -4.52. The van der Waals surface area contributed by atoms with Crippen LogP contribution >= 0.6 is 0 Å². The van der Waals surface area contributed by atoms with Crippen LogP contribution in [0.2, 0.25) is 0 Å². The van der Waals surface area contributed by atoms with Crippen molar-refractivity contribution in [2.45, 2.75) is 34.3 Å². The minimum Gasteiger partial charge on any atom is -0.494 e. The van der Waals surface area contributed by atoms with E-state index in [1.807, 2.05) is 0 Å². The summed E-state index contributed by atoms with van der Waals surface area (Å²) in [6.07, 6.45) is -0.664. The maximum Gasteiger partial charge on any atom is 0.259 e. The number of carbonyl (C=O) groups is 1. The molecule has 4 aromatic carbocycles. The van der Waals surface area contributed by atoms with Crippen LogP contribution in [0, 0.1) is 0 Å². The van der Waals surface area contributed by atoms with Gasteiger partial charge in [0.1, 0.15) is 5.75 Å². The van der Waals surface area contributed by atoms with Crippen molar-refractivity contribution >= 4 is 37.2 Å². The largest absolute Gasteiger partial charge is 0.494 e. The molecule has 2 heterocycles. The number of aliphatic hydroxyl groups excluding tert-OH is 1. The van der Waals surface area contributed by atoms with Crippen LogP contribution in [0.3, 0.4) is 0 Å². The standard InChI is InChI=1S/C35H34N2O8S2/c38-22-9-23-44-27-18-16-26(17-19-27)33-36-35(20-24-46(40,41)28-10-3-1-4-11-28)32(45-33)30-14-7-8-15-31(30)37(34(35)39)21-25-47(42,43)29-12-5-2-6-13-29/h1-8,10-19,32,38H,9,20-25H2/t32-,35-/m1/s1. The Balaban J connectivity index is 1.39. The van der Waals surface area contributed by atoms with Gasteiger partial charge in [0.2, 0.25) is 5.90 Å². The third kappa shape index (κ3) is 6.53. The highest BCUT2D eigenvalue weighted by Crippen LogP contribution is 2.50. The summed E-state index contributed by atoms with van der Waals surface area (Å²) in [5, 5.41) is 9.04. The fourth-order valence-corrected chi connectivity index (χ4v) is 8.46. The molecule has 0 fully saturated rings. The zero-order valence-electron chi connectivity index (χ0n) is 25.4. The second-order valence-corrected chi connectivity index (χ2v) is 15.5. The second-order valence-electron chi connectivity index (χ2n) is 11.3. The Kier molecular flexibility index (Phi) is 9.18. The first-order chi connectivity index (χ1) is 22.6. The van der Waals surface area contributed by atoms with E-state index in [-0.39, 0.29) is 41.0 Å². The Morgan fingerprint density at radius 3 is 2.02 bits per heavy atom. The number of amides is 1. The second kappa shape index (κ2) is 13.3. The Labute approximate surface area is 274 Å². The van der Waals surface area contributed by atoms with Gasteiger partial charge in [-0.3, -0.25) is 4.79 Å². The number of carbonyl (C=O) groups excluding carboxylic acids is 1. The molecule has 0 aliphatic carbocycles. The number of anilines is 1. The van der Waals surface area contributed by atoms with E-state index in [1.165, 1.54) is 29.2 Å². The van der Waals surface area contributed by atoms with Crippen molar-refractivity contribution in [1.82, 2.24) is 0 Å². The van der Waals surface area contributed by atoms with Crippen molar-refractivity contribution in [3.8, 4) is 5.75 Å². The van der Waals surface area contributed by atoms with E-state index < -0.39 is 43.0 Å². The molecule has 0 unspecified atom stereocenters. The molecular formula is C35H34N2O8S2. The summed E-state index contributed by atoms with van der Waals surface area (Å²) in [6.45, 7) is 0.185. The molecule has 0 spiro atoms. The van der Waals surface area contributed by atoms with E-state index in [2.05, 4.69) is 0 Å². The van der Waals surface area contributed by atoms with Gasteiger partial charge in [0.05, 0.1) is 33.6 Å². The zero-order chi connectivity index (χ0) is 33.1. The van der Waals surface area contributed by atoms with Gasteiger partial charge in [0.25, 0.3) is 5.91 Å². The van der Waals surface area contributed by atoms with E-state index in [1.54, 1.807) is 84.9 Å². The number of rotatable bonds is 13. The molecule has 2 aliphatic heterocycles. The predicted octanol–water partition coefficient (Wildman–Crippen LogP) is 4.39. The summed E-state index contributed by atoms with van der Waals surface area (Å²) < 4.78 is 65.6. The third-order valence-electron chi connectivity index (χ3n) is 8.30. The Morgan fingerprint density at radius 2 is 1.38 bits per heavy atom. The lowest BCUT2D eigenvalue weighted by atomic mass is 9.80. The summed E-state index contributed by atoms with van der Waals surface area (Å²) in [5.41, 5.74) is -0.0404. The summed E-state index contributed by atoms with van der Waals surface area (Å²) in [7, 11) is -7.57. The van der Waals surface area contributed by atoms with Gasteiger partial charge < -0.3 is 19.5 Å². The van der Waals surface area contributed by atoms with Crippen LogP contribution in [-0.2, 0) is 29.2 Å². The highest BCUT2D eigenvalue weighted by Gasteiger charge is 2.59.